The molecule has 0 aliphatic carbocycles. The van der Waals surface area contributed by atoms with Gasteiger partial charge in [0, 0.05) is 57.3 Å². The number of hydrogen-bond donors (Lipinski definition) is 2. The lowest BCUT2D eigenvalue weighted by molar-refractivity contribution is 0.0953. The molecular weight excluding hydrogens is 423 g/mol. The van der Waals surface area contributed by atoms with Crippen molar-refractivity contribution in [3.05, 3.63) is 55.6 Å². The molecule has 3 aromatic heterocycles. The molecule has 1 aliphatic heterocycles. The maximum Gasteiger partial charge on any atom is 0.328 e. The van der Waals surface area contributed by atoms with Crippen LogP contribution in [0.2, 0.25) is 0 Å². The van der Waals surface area contributed by atoms with Gasteiger partial charge in [-0.05, 0) is 13.0 Å². The number of H-pyrrole nitrogens is 1. The summed E-state index contributed by atoms with van der Waals surface area (Å²) in [5.41, 5.74) is 0.369. The second kappa shape index (κ2) is 8.60. The van der Waals surface area contributed by atoms with Crippen LogP contribution in [0.3, 0.4) is 0 Å². The van der Waals surface area contributed by atoms with Crippen LogP contribution in [-0.4, -0.2) is 58.6 Å². The third-order valence-corrected chi connectivity index (χ3v) is 6.52. The van der Waals surface area contributed by atoms with Crippen LogP contribution < -0.4 is 21.5 Å². The molecule has 0 atom stereocenters. The first-order valence-corrected chi connectivity index (χ1v) is 10.8. The summed E-state index contributed by atoms with van der Waals surface area (Å²) in [7, 11) is 1.43. The second-order valence-electron chi connectivity index (χ2n) is 7.30. The second-order valence-corrected chi connectivity index (χ2v) is 8.44. The summed E-state index contributed by atoms with van der Waals surface area (Å²) >= 11 is 1.41. The van der Waals surface area contributed by atoms with Gasteiger partial charge in [-0.3, -0.25) is 19.1 Å². The Balaban J connectivity index is 1.43. The van der Waals surface area contributed by atoms with Gasteiger partial charge >= 0.3 is 5.69 Å². The van der Waals surface area contributed by atoms with Crippen molar-refractivity contribution in [2.75, 3.05) is 38.1 Å². The molecule has 0 radical (unpaired) electrons. The molecule has 0 bridgehead atoms. The Hall–Kier alpha value is -3.05. The zero-order valence-electron chi connectivity index (χ0n) is 17.3. The average Bonchev–Trinajstić information content (AvgIpc) is 3.16. The highest BCUT2D eigenvalue weighted by Gasteiger charge is 2.21. The zero-order chi connectivity index (χ0) is 22.1. The topological polar surface area (TPSA) is 103 Å². The minimum Gasteiger partial charge on any atom is -0.368 e. The van der Waals surface area contributed by atoms with Crippen LogP contribution in [0.5, 0.6) is 0 Å². The number of fused-ring (bicyclic) bond motifs is 1. The number of nitrogens with zero attached hydrogens (tertiary/aromatic N) is 4. The fourth-order valence-electron chi connectivity index (χ4n) is 3.73. The first-order chi connectivity index (χ1) is 14.9. The van der Waals surface area contributed by atoms with Gasteiger partial charge in [0.15, 0.2) is 11.5 Å². The number of thiophene rings is 1. The van der Waals surface area contributed by atoms with Crippen LogP contribution in [-0.2, 0) is 13.1 Å². The summed E-state index contributed by atoms with van der Waals surface area (Å²) in [5.74, 6) is -1.19. The van der Waals surface area contributed by atoms with Crippen LogP contribution in [0.15, 0.2) is 27.9 Å². The summed E-state index contributed by atoms with van der Waals surface area (Å²) in [6.45, 7) is 5.65. The third-order valence-electron chi connectivity index (χ3n) is 5.41. The van der Waals surface area contributed by atoms with E-state index in [9.17, 15) is 18.8 Å². The van der Waals surface area contributed by atoms with E-state index in [4.69, 9.17) is 0 Å². The molecule has 0 spiro atoms. The lowest BCUT2D eigenvalue weighted by Gasteiger charge is -2.35. The highest BCUT2D eigenvalue weighted by molar-refractivity contribution is 7.18. The normalized spacial score (nSPS) is 14.9. The van der Waals surface area contributed by atoms with Gasteiger partial charge in [0.25, 0.3) is 11.5 Å². The number of aromatic nitrogens is 3. The molecule has 0 aromatic carbocycles. The van der Waals surface area contributed by atoms with Crippen molar-refractivity contribution in [3.63, 3.8) is 0 Å². The van der Waals surface area contributed by atoms with E-state index in [0.29, 0.717) is 42.1 Å². The van der Waals surface area contributed by atoms with Gasteiger partial charge < -0.3 is 15.2 Å². The van der Waals surface area contributed by atoms with Crippen molar-refractivity contribution in [3.8, 4) is 0 Å². The lowest BCUT2D eigenvalue weighted by Crippen LogP contribution is -2.46. The number of pyridine rings is 1. The van der Waals surface area contributed by atoms with Gasteiger partial charge in [-0.1, -0.05) is 0 Å². The molecule has 1 aliphatic rings. The summed E-state index contributed by atoms with van der Waals surface area (Å²) in [4.78, 5) is 48.1. The van der Waals surface area contributed by atoms with E-state index in [0.717, 1.165) is 18.0 Å². The molecular formula is C20H23FN6O3S. The number of carbonyl (C=O) groups is 1. The predicted octanol–water partition coefficient (Wildman–Crippen LogP) is 0.987. The van der Waals surface area contributed by atoms with Crippen LogP contribution in [0.4, 0.5) is 10.1 Å². The minimum atomic E-state index is -0.642. The standard InChI is InChI=1S/C20H23FN6O3S/c1-3-27-19(29)17-15(24-20(27)30)9-13(31-17)11-25-4-6-26(7-5-25)12-8-14(21)16(23-10-12)18(28)22-2/h8-10H,3-7,11H2,1-2H3,(H,22,28)(H,24,30). The molecule has 11 heteroatoms. The summed E-state index contributed by atoms with van der Waals surface area (Å²) in [6.07, 6.45) is 1.52. The Kier molecular flexibility index (Phi) is 5.88. The van der Waals surface area contributed by atoms with Crippen LogP contribution in [0, 0.1) is 5.82 Å². The quantitative estimate of drug-likeness (QED) is 0.606. The Labute approximate surface area is 181 Å². The smallest absolute Gasteiger partial charge is 0.328 e. The Morgan fingerprint density at radius 3 is 2.65 bits per heavy atom. The van der Waals surface area contributed by atoms with Crippen molar-refractivity contribution in [2.24, 2.45) is 0 Å². The summed E-state index contributed by atoms with van der Waals surface area (Å²) < 4.78 is 16.0. The largest absolute Gasteiger partial charge is 0.368 e. The molecule has 4 rings (SSSR count). The number of aromatic amines is 1. The third kappa shape index (κ3) is 4.10. The van der Waals surface area contributed by atoms with Crippen molar-refractivity contribution in [1.82, 2.24) is 24.8 Å². The maximum absolute atomic E-state index is 14.2. The number of carbonyl (C=O) groups excluding carboxylic acids is 1. The van der Waals surface area contributed by atoms with E-state index in [2.05, 4.69) is 20.2 Å². The summed E-state index contributed by atoms with van der Waals surface area (Å²) in [5, 5.41) is 2.37. The molecule has 2 N–H and O–H groups in total. The SMILES string of the molecule is CCn1c(=O)[nH]c2cc(CN3CCN(c4cnc(C(=O)NC)c(F)c4)CC3)sc2c1=O. The highest BCUT2D eigenvalue weighted by atomic mass is 32.1. The number of piperazine rings is 1. The van der Waals surface area contributed by atoms with E-state index < -0.39 is 11.7 Å². The average molecular weight is 447 g/mol. The minimum absolute atomic E-state index is 0.213. The van der Waals surface area contributed by atoms with E-state index in [1.807, 2.05) is 11.0 Å². The molecule has 1 fully saturated rings. The molecule has 164 valence electrons. The maximum atomic E-state index is 14.2. The van der Waals surface area contributed by atoms with E-state index in [1.165, 1.54) is 35.2 Å². The highest BCUT2D eigenvalue weighted by Crippen LogP contribution is 2.23. The van der Waals surface area contributed by atoms with Crippen LogP contribution in [0.25, 0.3) is 10.2 Å². The van der Waals surface area contributed by atoms with Gasteiger partial charge in [0.1, 0.15) is 4.70 Å². The molecule has 9 nitrogen and oxygen atoms in total. The van der Waals surface area contributed by atoms with Crippen LogP contribution in [0.1, 0.15) is 22.3 Å². The monoisotopic (exact) mass is 446 g/mol. The molecule has 31 heavy (non-hydrogen) atoms. The molecule has 3 aromatic rings. The number of rotatable bonds is 5. The Morgan fingerprint density at radius 2 is 2.00 bits per heavy atom. The molecule has 0 saturated carbocycles. The van der Waals surface area contributed by atoms with E-state index in [-0.39, 0.29) is 16.9 Å². The Morgan fingerprint density at radius 1 is 1.26 bits per heavy atom. The van der Waals surface area contributed by atoms with Crippen LogP contribution >= 0.6 is 11.3 Å². The fraction of sp³-hybridized carbons (Fsp3) is 0.400. The summed E-state index contributed by atoms with van der Waals surface area (Å²) in [6, 6.07) is 3.21. The molecule has 0 unspecified atom stereocenters. The first-order valence-electron chi connectivity index (χ1n) is 10.0. The van der Waals surface area contributed by atoms with E-state index >= 15 is 0 Å². The molecule has 4 heterocycles. The van der Waals surface area contributed by atoms with Gasteiger partial charge in [0.05, 0.1) is 17.4 Å². The number of halogens is 1. The molecule has 1 saturated heterocycles. The van der Waals surface area contributed by atoms with Gasteiger partial charge in [0.2, 0.25) is 0 Å². The van der Waals surface area contributed by atoms with Crippen molar-refractivity contribution >= 4 is 33.1 Å². The number of nitrogens with one attached hydrogen (secondary N) is 2. The predicted molar refractivity (Wildman–Crippen MR) is 117 cm³/mol. The lowest BCUT2D eigenvalue weighted by atomic mass is 10.2. The van der Waals surface area contributed by atoms with Crippen molar-refractivity contribution in [1.29, 1.82) is 0 Å². The fourth-order valence-corrected chi connectivity index (χ4v) is 4.83. The van der Waals surface area contributed by atoms with Gasteiger partial charge in [-0.15, -0.1) is 11.3 Å². The van der Waals surface area contributed by atoms with Crippen molar-refractivity contribution in [2.45, 2.75) is 20.0 Å². The Bertz CT molecular complexity index is 1240. The van der Waals surface area contributed by atoms with E-state index in [1.54, 1.807) is 6.92 Å². The molecule has 1 amide bonds. The van der Waals surface area contributed by atoms with Gasteiger partial charge in [-0.2, -0.15) is 0 Å². The first kappa shape index (κ1) is 21.2. The number of amides is 1. The zero-order valence-corrected chi connectivity index (χ0v) is 18.1. The number of hydrogen-bond acceptors (Lipinski definition) is 7. The van der Waals surface area contributed by atoms with Gasteiger partial charge in [-0.25, -0.2) is 14.2 Å². The van der Waals surface area contributed by atoms with Crippen molar-refractivity contribution < 1.29 is 9.18 Å². The number of anilines is 1.